The van der Waals surface area contributed by atoms with Crippen LogP contribution in [0.25, 0.3) is 11.1 Å². The third-order valence-electron chi connectivity index (χ3n) is 2.07. The Kier molecular flexibility index (Phi) is 1.23. The Morgan fingerprint density at radius 3 is 1.29 bits per heavy atom. The Morgan fingerprint density at radius 1 is 0.643 bits per heavy atom. The standard InChI is InChI=1S/C12H12N2/c13-11-5-1-9(2-6-11)10-3-7-12(14)8-4-10/h1-8H,13-14H2/i/hD4. The fourth-order valence-corrected chi connectivity index (χ4v) is 1.31. The van der Waals surface area contributed by atoms with E-state index in [1.54, 1.807) is 24.3 Å². The van der Waals surface area contributed by atoms with E-state index in [4.69, 9.17) is 5.65 Å². The van der Waals surface area contributed by atoms with Gasteiger partial charge in [0.15, 0.2) is 5.65 Å². The van der Waals surface area contributed by atoms with Gasteiger partial charge in [-0.3, -0.25) is 0 Å². The molecule has 0 aromatic heterocycles. The molecule has 2 rings (SSSR count). The van der Waals surface area contributed by atoms with E-state index in [9.17, 15) is 0 Å². The fourth-order valence-electron chi connectivity index (χ4n) is 1.31. The lowest BCUT2D eigenvalue weighted by Gasteiger charge is -2.02. The van der Waals surface area contributed by atoms with Crippen LogP contribution in [0.15, 0.2) is 48.5 Å². The lowest BCUT2D eigenvalue weighted by atomic mass is 10.1. The summed E-state index contributed by atoms with van der Waals surface area (Å²) in [4.78, 5) is 0. The summed E-state index contributed by atoms with van der Waals surface area (Å²) in [5.74, 6) is 0. The molecular weight excluding hydrogens is 172 g/mol. The summed E-state index contributed by atoms with van der Waals surface area (Å²) in [5, 5.41) is 0. The molecule has 0 heterocycles. The lowest BCUT2D eigenvalue weighted by Crippen LogP contribution is -1.85. The van der Waals surface area contributed by atoms with Crippen molar-refractivity contribution in [3.05, 3.63) is 48.5 Å². The summed E-state index contributed by atoms with van der Waals surface area (Å²) in [6.07, 6.45) is 0. The highest BCUT2D eigenvalue weighted by Gasteiger charge is 1.95. The molecule has 2 heteroatoms. The van der Waals surface area contributed by atoms with Crippen LogP contribution >= 0.6 is 0 Å². The van der Waals surface area contributed by atoms with Crippen molar-refractivity contribution in [2.45, 2.75) is 0 Å². The second kappa shape index (κ2) is 3.42. The third-order valence-corrected chi connectivity index (χ3v) is 2.07. The number of hydrogen-bond donors (Lipinski definition) is 2. The van der Waals surface area contributed by atoms with Crippen LogP contribution in [-0.4, -0.2) is 0 Å². The van der Waals surface area contributed by atoms with E-state index in [1.165, 1.54) is 0 Å². The molecule has 2 aromatic rings. The predicted molar refractivity (Wildman–Crippen MR) is 60.7 cm³/mol. The maximum atomic E-state index is 7.12. The van der Waals surface area contributed by atoms with E-state index in [2.05, 4.69) is 0 Å². The Morgan fingerprint density at radius 2 is 1.00 bits per heavy atom. The van der Waals surface area contributed by atoms with Gasteiger partial charge in [-0.25, -0.2) is 0 Å². The molecule has 14 heavy (non-hydrogen) atoms. The van der Waals surface area contributed by atoms with Crippen LogP contribution in [0.2, 0.25) is 5.65 Å². The van der Waals surface area contributed by atoms with Gasteiger partial charge < -0.3 is 11.4 Å². The Bertz CT molecular complexity index is 459. The van der Waals surface area contributed by atoms with Gasteiger partial charge in [-0.1, -0.05) is 24.3 Å². The molecule has 0 saturated carbocycles. The second-order valence-electron chi connectivity index (χ2n) is 3.09. The summed E-state index contributed by atoms with van der Waals surface area (Å²) in [6, 6.07) is 14.1. The van der Waals surface area contributed by atoms with Gasteiger partial charge in [0.1, 0.15) is 0 Å². The quantitative estimate of drug-likeness (QED) is 0.727. The molecule has 0 aliphatic carbocycles. The lowest BCUT2D eigenvalue weighted by molar-refractivity contribution is 1.61. The molecule has 70 valence electrons. The molecule has 0 unspecified atom stereocenters. The molecule has 0 aliphatic heterocycles. The van der Waals surface area contributed by atoms with Gasteiger partial charge in [-0.2, -0.15) is 0 Å². The van der Waals surface area contributed by atoms with Crippen molar-refractivity contribution >= 4 is 11.4 Å². The summed E-state index contributed by atoms with van der Waals surface area (Å²) >= 11 is 0. The van der Waals surface area contributed by atoms with Gasteiger partial charge in [0.05, 0.1) is 0 Å². The van der Waals surface area contributed by atoms with E-state index in [0.29, 0.717) is 22.8 Å². The molecule has 0 spiro atoms. The first-order valence-electron chi connectivity index (χ1n) is 6.13. The Hall–Kier alpha value is -1.96. The van der Waals surface area contributed by atoms with Crippen LogP contribution in [0.1, 0.15) is 0 Å². The highest BCUT2D eigenvalue weighted by Crippen LogP contribution is 2.21. The predicted octanol–water partition coefficient (Wildman–Crippen LogP) is 2.52. The summed E-state index contributed by atoms with van der Waals surface area (Å²) in [7, 11) is 0. The first-order valence-corrected chi connectivity index (χ1v) is 4.34. The molecule has 4 N–H and O–H groups in total. The van der Waals surface area contributed by atoms with E-state index in [0.717, 1.165) is 11.1 Å². The van der Waals surface area contributed by atoms with Crippen molar-refractivity contribution in [3.8, 4) is 11.1 Å². The number of hydrogen-bond acceptors (Lipinski definition) is 2. The number of rotatable bonds is 3. The second-order valence-corrected chi connectivity index (χ2v) is 3.09. The van der Waals surface area contributed by atoms with Crippen LogP contribution in [0.3, 0.4) is 0 Å². The Labute approximate surface area is 89.0 Å². The van der Waals surface area contributed by atoms with Gasteiger partial charge in [-0.05, 0) is 35.4 Å². The maximum Gasteiger partial charge on any atom is 0.156 e. The van der Waals surface area contributed by atoms with E-state index in [-0.39, 0.29) is 0 Å². The minimum atomic E-state index is 0.499. The van der Waals surface area contributed by atoms with Crippen LogP contribution in [0.4, 0.5) is 11.4 Å². The number of nitrogens with two attached hydrogens (primary N) is 2. The van der Waals surface area contributed by atoms with Gasteiger partial charge in [-0.15, -0.1) is 0 Å². The van der Waals surface area contributed by atoms with Crippen molar-refractivity contribution in [3.63, 3.8) is 0 Å². The number of nitrogen functional groups attached to an aromatic ring is 2. The molecule has 0 radical (unpaired) electrons. The molecular formula is C12H12N2. The van der Waals surface area contributed by atoms with Crippen LogP contribution in [0, 0.1) is 0 Å². The smallest absolute Gasteiger partial charge is 0.156 e. The molecule has 2 aromatic carbocycles. The van der Waals surface area contributed by atoms with E-state index < -0.39 is 0 Å². The third kappa shape index (κ3) is 1.69. The van der Waals surface area contributed by atoms with Gasteiger partial charge in [0.25, 0.3) is 0 Å². The topological polar surface area (TPSA) is 52.0 Å². The van der Waals surface area contributed by atoms with E-state index in [1.807, 2.05) is 24.3 Å². The molecule has 0 amide bonds. The van der Waals surface area contributed by atoms with Gasteiger partial charge in [0, 0.05) is 11.4 Å². The Balaban J connectivity index is 2.25. The monoisotopic (exact) mass is 188 g/mol. The highest BCUT2D eigenvalue weighted by molar-refractivity contribution is 5.67. The van der Waals surface area contributed by atoms with E-state index >= 15 is 0 Å². The number of anilines is 2. The van der Waals surface area contributed by atoms with Crippen molar-refractivity contribution in [1.82, 2.24) is 0 Å². The molecule has 0 fully saturated rings. The van der Waals surface area contributed by atoms with Gasteiger partial charge >= 0.3 is 0 Å². The average Bonchev–Trinajstić information content (AvgIpc) is 2.39. The fraction of sp³-hybridized carbons (Fsp3) is 0. The maximum absolute atomic E-state index is 7.12. The molecule has 0 aliphatic rings. The highest BCUT2D eigenvalue weighted by atomic mass is 14.5. The van der Waals surface area contributed by atoms with Crippen molar-refractivity contribution < 1.29 is 5.65 Å². The zero-order valence-electron chi connectivity index (χ0n) is 11.5. The molecule has 0 saturated heterocycles. The molecule has 2 nitrogen and oxygen atoms in total. The number of benzene rings is 2. The summed E-state index contributed by atoms with van der Waals surface area (Å²) in [5.41, 5.74) is 4.05. The van der Waals surface area contributed by atoms with Gasteiger partial charge in [0.2, 0.25) is 0 Å². The van der Waals surface area contributed by atoms with Crippen LogP contribution < -0.4 is 11.4 Å². The first-order chi connectivity index (χ1) is 8.58. The minimum Gasteiger partial charge on any atom is -0.399 e. The SMILES string of the molecule is [2H]N([2H])c1ccc(-c2ccc(N([2H])[2H])cc2)cc1. The largest absolute Gasteiger partial charge is 0.399 e. The first kappa shape index (κ1) is 5.05. The zero-order chi connectivity index (χ0) is 13.1. The summed E-state index contributed by atoms with van der Waals surface area (Å²) in [6.45, 7) is 0. The summed E-state index contributed by atoms with van der Waals surface area (Å²) < 4.78 is 28.5. The zero-order valence-corrected chi connectivity index (χ0v) is 7.51. The minimum absolute atomic E-state index is 0.499. The molecule has 0 atom stereocenters. The van der Waals surface area contributed by atoms with Crippen molar-refractivity contribution in [2.24, 2.45) is 0 Å². The molecule has 0 bridgehead atoms. The average molecular weight is 188 g/mol. The van der Waals surface area contributed by atoms with Crippen molar-refractivity contribution in [1.29, 1.82) is 0 Å². The van der Waals surface area contributed by atoms with Crippen LogP contribution in [0.5, 0.6) is 0 Å². The normalized spacial score (nSPS) is 13.4. The van der Waals surface area contributed by atoms with Crippen molar-refractivity contribution in [2.75, 3.05) is 11.4 Å². The van der Waals surface area contributed by atoms with Crippen LogP contribution in [-0.2, 0) is 0 Å².